The third kappa shape index (κ3) is 1.66. The van der Waals surface area contributed by atoms with Gasteiger partial charge in [-0.1, -0.05) is 0 Å². The van der Waals surface area contributed by atoms with E-state index in [0.717, 1.165) is 5.56 Å². The zero-order valence-corrected chi connectivity index (χ0v) is 6.16. The van der Waals surface area contributed by atoms with Gasteiger partial charge in [-0.05, 0) is 30.7 Å². The van der Waals surface area contributed by atoms with Gasteiger partial charge in [0.15, 0.2) is 0 Å². The van der Waals surface area contributed by atoms with Crippen LogP contribution < -0.4 is 5.73 Å². The number of hydrogen-bond acceptors (Lipinski definition) is 3. The lowest BCUT2D eigenvalue weighted by Crippen LogP contribution is -1.84. The maximum absolute atomic E-state index is 9.89. The van der Waals surface area contributed by atoms with Gasteiger partial charge in [0.25, 0.3) is 0 Å². The molecule has 0 aliphatic heterocycles. The van der Waals surface area contributed by atoms with Crippen LogP contribution in [0.2, 0.25) is 0 Å². The van der Waals surface area contributed by atoms with Crippen molar-refractivity contribution < 1.29 is 4.79 Å². The fourth-order valence-electron chi connectivity index (χ4n) is 0.853. The second kappa shape index (κ2) is 2.99. The predicted molar refractivity (Wildman–Crippen MR) is 43.4 cm³/mol. The van der Waals surface area contributed by atoms with E-state index in [-0.39, 0.29) is 0 Å². The number of aryl methyl sites for hydroxylation is 1. The van der Waals surface area contributed by atoms with E-state index in [0.29, 0.717) is 11.4 Å². The minimum atomic E-state index is 0.620. The van der Waals surface area contributed by atoms with Crippen LogP contribution in [-0.2, 0) is 4.79 Å². The molecule has 0 amide bonds. The smallest absolute Gasteiger partial charge is 0.240 e. The number of carbonyl (C=O) groups excluding carboxylic acids is 1. The van der Waals surface area contributed by atoms with Crippen molar-refractivity contribution in [3.05, 3.63) is 23.8 Å². The van der Waals surface area contributed by atoms with Gasteiger partial charge in [-0.2, -0.15) is 4.99 Å². The van der Waals surface area contributed by atoms with E-state index in [1.165, 1.54) is 6.08 Å². The summed E-state index contributed by atoms with van der Waals surface area (Å²) in [6.45, 7) is 1.84. The van der Waals surface area contributed by atoms with Crippen molar-refractivity contribution in [1.29, 1.82) is 0 Å². The summed E-state index contributed by atoms with van der Waals surface area (Å²) in [4.78, 5) is 13.4. The molecule has 0 spiro atoms. The van der Waals surface area contributed by atoms with Crippen LogP contribution in [0.25, 0.3) is 0 Å². The van der Waals surface area contributed by atoms with Gasteiger partial charge in [0.05, 0.1) is 5.69 Å². The lowest BCUT2D eigenvalue weighted by Gasteiger charge is -1.97. The topological polar surface area (TPSA) is 55.4 Å². The molecule has 0 unspecified atom stereocenters. The number of rotatable bonds is 1. The highest BCUT2D eigenvalue weighted by Crippen LogP contribution is 2.19. The van der Waals surface area contributed by atoms with Crippen LogP contribution in [0.3, 0.4) is 0 Å². The van der Waals surface area contributed by atoms with Crippen LogP contribution >= 0.6 is 0 Å². The Bertz CT molecular complexity index is 314. The molecule has 2 N–H and O–H groups in total. The lowest BCUT2D eigenvalue weighted by atomic mass is 10.2. The number of hydrogen-bond donors (Lipinski definition) is 1. The normalized spacial score (nSPS) is 8.82. The van der Waals surface area contributed by atoms with Crippen LogP contribution in [0.5, 0.6) is 0 Å². The largest absolute Gasteiger partial charge is 0.399 e. The molecule has 0 heterocycles. The van der Waals surface area contributed by atoms with Crippen molar-refractivity contribution in [3.63, 3.8) is 0 Å². The van der Waals surface area contributed by atoms with E-state index in [9.17, 15) is 4.79 Å². The molecule has 0 atom stereocenters. The van der Waals surface area contributed by atoms with E-state index >= 15 is 0 Å². The van der Waals surface area contributed by atoms with Gasteiger partial charge in [-0.3, -0.25) is 0 Å². The van der Waals surface area contributed by atoms with E-state index < -0.39 is 0 Å². The second-order valence-corrected chi connectivity index (χ2v) is 2.25. The van der Waals surface area contributed by atoms with Gasteiger partial charge >= 0.3 is 0 Å². The highest BCUT2D eigenvalue weighted by molar-refractivity contribution is 5.58. The van der Waals surface area contributed by atoms with Crippen molar-refractivity contribution in [3.8, 4) is 0 Å². The summed E-state index contributed by atoms with van der Waals surface area (Å²) >= 11 is 0. The molecule has 0 saturated carbocycles. The highest BCUT2D eigenvalue weighted by Gasteiger charge is 1.94. The van der Waals surface area contributed by atoms with Gasteiger partial charge in [0.2, 0.25) is 6.08 Å². The maximum Gasteiger partial charge on any atom is 0.240 e. The van der Waals surface area contributed by atoms with Gasteiger partial charge in [-0.25, -0.2) is 4.79 Å². The zero-order valence-electron chi connectivity index (χ0n) is 6.16. The van der Waals surface area contributed by atoms with Gasteiger partial charge in [0, 0.05) is 5.69 Å². The average Bonchev–Trinajstić information content (AvgIpc) is 1.95. The molecule has 1 aromatic carbocycles. The number of benzene rings is 1. The third-order valence-corrected chi connectivity index (χ3v) is 1.39. The molecular weight excluding hydrogens is 140 g/mol. The van der Waals surface area contributed by atoms with Crippen LogP contribution in [0.4, 0.5) is 11.4 Å². The number of aliphatic imine (C=N–C) groups is 1. The monoisotopic (exact) mass is 148 g/mol. The lowest BCUT2D eigenvalue weighted by molar-refractivity contribution is 0.565. The molecule has 0 aromatic heterocycles. The maximum atomic E-state index is 9.89. The molecule has 1 aromatic rings. The fraction of sp³-hybridized carbons (Fsp3) is 0.125. The Morgan fingerprint density at radius 1 is 1.55 bits per heavy atom. The molecule has 0 radical (unpaired) electrons. The first-order valence-electron chi connectivity index (χ1n) is 3.18. The summed E-state index contributed by atoms with van der Waals surface area (Å²) in [6, 6.07) is 5.15. The molecule has 1 rings (SSSR count). The Hall–Kier alpha value is -1.60. The molecule has 56 valence electrons. The number of nitrogens with two attached hydrogens (primary N) is 1. The summed E-state index contributed by atoms with van der Waals surface area (Å²) in [5, 5.41) is 0. The highest BCUT2D eigenvalue weighted by atomic mass is 16.1. The van der Waals surface area contributed by atoms with Crippen molar-refractivity contribution in [2.45, 2.75) is 6.92 Å². The van der Waals surface area contributed by atoms with Gasteiger partial charge in [0.1, 0.15) is 0 Å². The molecule has 3 nitrogen and oxygen atoms in total. The third-order valence-electron chi connectivity index (χ3n) is 1.39. The van der Waals surface area contributed by atoms with E-state index in [1.807, 2.05) is 6.92 Å². The number of isocyanates is 1. The molecule has 11 heavy (non-hydrogen) atoms. The first-order valence-corrected chi connectivity index (χ1v) is 3.18. The van der Waals surface area contributed by atoms with Crippen molar-refractivity contribution in [2.75, 3.05) is 5.73 Å². The molecule has 0 aliphatic carbocycles. The Balaban J connectivity index is 3.19. The Labute approximate surface area is 64.6 Å². The van der Waals surface area contributed by atoms with Gasteiger partial charge in [-0.15, -0.1) is 0 Å². The Morgan fingerprint density at radius 3 is 2.82 bits per heavy atom. The molecule has 3 heteroatoms. The summed E-state index contributed by atoms with van der Waals surface area (Å²) in [5.41, 5.74) is 7.66. The fourth-order valence-corrected chi connectivity index (χ4v) is 0.853. The second-order valence-electron chi connectivity index (χ2n) is 2.25. The molecular formula is C8H8N2O. The summed E-state index contributed by atoms with van der Waals surface area (Å²) in [7, 11) is 0. The van der Waals surface area contributed by atoms with Crippen LogP contribution in [-0.4, -0.2) is 6.08 Å². The number of nitrogens with zero attached hydrogens (tertiary/aromatic N) is 1. The van der Waals surface area contributed by atoms with Gasteiger partial charge < -0.3 is 5.73 Å². The first kappa shape index (κ1) is 7.51. The summed E-state index contributed by atoms with van der Waals surface area (Å²) < 4.78 is 0. The van der Waals surface area contributed by atoms with E-state index in [1.54, 1.807) is 18.2 Å². The standard InChI is InChI=1S/C8H8N2O/c1-6-4-7(9)2-3-8(6)10-5-11/h2-4H,9H2,1H3. The summed E-state index contributed by atoms with van der Waals surface area (Å²) in [6.07, 6.45) is 1.48. The van der Waals surface area contributed by atoms with E-state index in [2.05, 4.69) is 4.99 Å². The van der Waals surface area contributed by atoms with Crippen molar-refractivity contribution >= 4 is 17.5 Å². The molecule has 0 saturated heterocycles. The quantitative estimate of drug-likeness (QED) is 0.373. The molecule has 0 aliphatic rings. The average molecular weight is 148 g/mol. The Kier molecular flexibility index (Phi) is 2.04. The van der Waals surface area contributed by atoms with E-state index in [4.69, 9.17) is 5.73 Å². The summed E-state index contributed by atoms with van der Waals surface area (Å²) in [5.74, 6) is 0. The van der Waals surface area contributed by atoms with Crippen molar-refractivity contribution in [1.82, 2.24) is 0 Å². The van der Waals surface area contributed by atoms with Crippen LogP contribution in [0.15, 0.2) is 23.2 Å². The minimum Gasteiger partial charge on any atom is -0.399 e. The van der Waals surface area contributed by atoms with Crippen LogP contribution in [0.1, 0.15) is 5.56 Å². The number of anilines is 1. The first-order chi connectivity index (χ1) is 5.24. The molecule has 0 bridgehead atoms. The SMILES string of the molecule is Cc1cc(N)ccc1N=C=O. The minimum absolute atomic E-state index is 0.620. The number of nitrogen functional groups attached to an aromatic ring is 1. The Morgan fingerprint density at radius 2 is 2.27 bits per heavy atom. The predicted octanol–water partition coefficient (Wildman–Crippen LogP) is 1.54. The zero-order chi connectivity index (χ0) is 8.27. The van der Waals surface area contributed by atoms with Crippen LogP contribution in [0, 0.1) is 6.92 Å². The molecule has 0 fully saturated rings. The van der Waals surface area contributed by atoms with Crippen molar-refractivity contribution in [2.24, 2.45) is 4.99 Å².